The largest absolute Gasteiger partial charge is 0.355 e. The fourth-order valence-electron chi connectivity index (χ4n) is 5.01. The number of benzene rings is 2. The molecule has 0 radical (unpaired) electrons. The molecule has 5 nitrogen and oxygen atoms in total. The van der Waals surface area contributed by atoms with Gasteiger partial charge in [-0.2, -0.15) is 0 Å². The summed E-state index contributed by atoms with van der Waals surface area (Å²) in [5, 5.41) is 5.80. The van der Waals surface area contributed by atoms with Gasteiger partial charge in [0.05, 0.1) is 17.9 Å². The number of para-hydroxylation sites is 1. The van der Waals surface area contributed by atoms with Crippen LogP contribution in [0.25, 0.3) is 0 Å². The zero-order chi connectivity index (χ0) is 24.6. The van der Waals surface area contributed by atoms with E-state index in [2.05, 4.69) is 32.6 Å². The van der Waals surface area contributed by atoms with Crippen molar-refractivity contribution in [1.29, 1.82) is 0 Å². The molecule has 4 rings (SSSR count). The Morgan fingerprint density at radius 2 is 1.83 bits per heavy atom. The van der Waals surface area contributed by atoms with Crippen molar-refractivity contribution >= 4 is 29.0 Å². The number of amides is 1. The van der Waals surface area contributed by atoms with E-state index >= 15 is 0 Å². The number of carbonyl (C=O) groups is 1. The Morgan fingerprint density at radius 3 is 2.60 bits per heavy atom. The maximum atomic E-state index is 13.4. The van der Waals surface area contributed by atoms with Crippen molar-refractivity contribution in [3.8, 4) is 0 Å². The van der Waals surface area contributed by atoms with Crippen LogP contribution in [-0.4, -0.2) is 57.1 Å². The minimum absolute atomic E-state index is 0.0502. The van der Waals surface area contributed by atoms with Gasteiger partial charge in [0.1, 0.15) is 0 Å². The maximum Gasteiger partial charge on any atom is 0.263 e. The Kier molecular flexibility index (Phi) is 9.40. The molecule has 1 fully saturated rings. The lowest BCUT2D eigenvalue weighted by Crippen LogP contribution is -2.37. The van der Waals surface area contributed by atoms with Gasteiger partial charge in [-0.25, -0.2) is 8.78 Å². The standard InChI is InChI=1S/C27H36F2N4OS/c1-30-19-26(34)31-13-5-14-32-16-11-20(12-17-32)6-4-15-33-22-7-2-3-8-24(22)35-25-10-9-21(27(28)29)18-23(25)33/h2-3,7-10,18,20,27,30H,4-6,11-17,19H2,1H3,(H,31,34). The van der Waals surface area contributed by atoms with Gasteiger partial charge in [-0.1, -0.05) is 30.0 Å². The SMILES string of the molecule is CNCC(=O)NCCCN1CCC(CCCN2c3ccccc3Sc3ccc(C(F)F)cc32)CC1. The number of likely N-dealkylation sites (tertiary alicyclic amines) is 1. The first-order chi connectivity index (χ1) is 17.0. The average molecular weight is 503 g/mol. The Bertz CT molecular complexity index is 981. The molecular formula is C27H36F2N4OS. The molecule has 0 saturated carbocycles. The van der Waals surface area contributed by atoms with E-state index < -0.39 is 6.43 Å². The highest BCUT2D eigenvalue weighted by atomic mass is 32.2. The number of alkyl halides is 2. The average Bonchev–Trinajstić information content (AvgIpc) is 2.87. The predicted molar refractivity (Wildman–Crippen MR) is 139 cm³/mol. The van der Waals surface area contributed by atoms with Crippen LogP contribution in [-0.2, 0) is 4.79 Å². The summed E-state index contributed by atoms with van der Waals surface area (Å²) in [6.45, 7) is 5.18. The van der Waals surface area contributed by atoms with Crippen LogP contribution >= 0.6 is 11.8 Å². The van der Waals surface area contributed by atoms with Crippen molar-refractivity contribution in [3.05, 3.63) is 48.0 Å². The molecule has 8 heteroatoms. The zero-order valence-electron chi connectivity index (χ0n) is 20.4. The molecular weight excluding hydrogens is 466 g/mol. The number of hydrogen-bond acceptors (Lipinski definition) is 5. The van der Waals surface area contributed by atoms with Crippen molar-refractivity contribution in [1.82, 2.24) is 15.5 Å². The lowest BCUT2D eigenvalue weighted by Gasteiger charge is -2.35. The Hall–Kier alpha value is -2.16. The number of halogens is 2. The quantitative estimate of drug-likeness (QED) is 0.401. The number of fused-ring (bicyclic) bond motifs is 2. The van der Waals surface area contributed by atoms with Gasteiger partial charge >= 0.3 is 0 Å². The molecule has 0 aliphatic carbocycles. The van der Waals surface area contributed by atoms with Crippen LogP contribution in [0.3, 0.4) is 0 Å². The maximum absolute atomic E-state index is 13.4. The van der Waals surface area contributed by atoms with E-state index in [-0.39, 0.29) is 11.5 Å². The van der Waals surface area contributed by atoms with Crippen LogP contribution in [0.1, 0.15) is 44.1 Å². The van der Waals surface area contributed by atoms with Gasteiger partial charge in [0.25, 0.3) is 6.43 Å². The summed E-state index contributed by atoms with van der Waals surface area (Å²) < 4.78 is 26.8. The Balaban J connectivity index is 1.26. The third-order valence-corrected chi connectivity index (χ3v) is 8.04. The number of anilines is 2. The molecule has 2 heterocycles. The zero-order valence-corrected chi connectivity index (χ0v) is 21.3. The summed E-state index contributed by atoms with van der Waals surface area (Å²) in [6, 6.07) is 13.3. The van der Waals surface area contributed by atoms with Crippen molar-refractivity contribution in [2.24, 2.45) is 5.92 Å². The van der Waals surface area contributed by atoms with Crippen molar-refractivity contribution in [2.45, 2.75) is 48.3 Å². The molecule has 0 bridgehead atoms. The molecule has 2 N–H and O–H groups in total. The van der Waals surface area contributed by atoms with E-state index in [1.165, 1.54) is 17.7 Å². The first kappa shape index (κ1) is 25.9. The Labute approximate surface area is 211 Å². The first-order valence-corrected chi connectivity index (χ1v) is 13.5. The van der Waals surface area contributed by atoms with Gasteiger partial charge in [-0.05, 0) is 89.0 Å². The first-order valence-electron chi connectivity index (χ1n) is 12.7. The van der Waals surface area contributed by atoms with Crippen molar-refractivity contribution in [3.63, 3.8) is 0 Å². The molecule has 2 aromatic rings. The van der Waals surface area contributed by atoms with E-state index in [4.69, 9.17) is 0 Å². The topological polar surface area (TPSA) is 47.6 Å². The smallest absolute Gasteiger partial charge is 0.263 e. The third kappa shape index (κ3) is 6.96. The second kappa shape index (κ2) is 12.7. The molecule has 2 aliphatic rings. The highest BCUT2D eigenvalue weighted by Crippen LogP contribution is 2.49. The lowest BCUT2D eigenvalue weighted by atomic mass is 9.92. The van der Waals surface area contributed by atoms with Gasteiger partial charge in [-0.3, -0.25) is 4.79 Å². The van der Waals surface area contributed by atoms with Gasteiger partial charge in [0, 0.05) is 28.4 Å². The highest BCUT2D eigenvalue weighted by Gasteiger charge is 2.25. The van der Waals surface area contributed by atoms with Crippen LogP contribution in [0, 0.1) is 5.92 Å². The van der Waals surface area contributed by atoms with Gasteiger partial charge < -0.3 is 20.4 Å². The molecule has 190 valence electrons. The second-order valence-corrected chi connectivity index (χ2v) is 10.5. The summed E-state index contributed by atoms with van der Waals surface area (Å²) in [5.41, 5.74) is 2.11. The lowest BCUT2D eigenvalue weighted by molar-refractivity contribution is -0.120. The van der Waals surface area contributed by atoms with E-state index in [0.29, 0.717) is 12.5 Å². The minimum Gasteiger partial charge on any atom is -0.355 e. The monoisotopic (exact) mass is 502 g/mol. The molecule has 0 aromatic heterocycles. The summed E-state index contributed by atoms with van der Waals surface area (Å²) in [6.07, 6.45) is 3.12. The molecule has 0 atom stereocenters. The van der Waals surface area contributed by atoms with Gasteiger partial charge in [0.15, 0.2) is 0 Å². The number of hydrogen-bond donors (Lipinski definition) is 2. The predicted octanol–water partition coefficient (Wildman–Crippen LogP) is 5.44. The molecule has 1 saturated heterocycles. The van der Waals surface area contributed by atoms with E-state index in [1.807, 2.05) is 18.2 Å². The van der Waals surface area contributed by atoms with Crippen LogP contribution in [0.4, 0.5) is 20.2 Å². The molecule has 2 aromatic carbocycles. The molecule has 2 aliphatic heterocycles. The summed E-state index contributed by atoms with van der Waals surface area (Å²) in [7, 11) is 1.77. The number of likely N-dealkylation sites (N-methyl/N-ethyl adjacent to an activating group) is 1. The third-order valence-electron chi connectivity index (χ3n) is 6.91. The van der Waals surface area contributed by atoms with E-state index in [9.17, 15) is 13.6 Å². The van der Waals surface area contributed by atoms with Gasteiger partial charge in [0.2, 0.25) is 5.91 Å². The Morgan fingerprint density at radius 1 is 1.06 bits per heavy atom. The number of piperidine rings is 1. The number of rotatable bonds is 11. The molecule has 0 unspecified atom stereocenters. The number of nitrogens with one attached hydrogen (secondary N) is 2. The number of nitrogens with zero attached hydrogens (tertiary/aromatic N) is 2. The number of carbonyl (C=O) groups excluding carboxylic acids is 1. The van der Waals surface area contributed by atoms with Gasteiger partial charge in [-0.15, -0.1) is 0 Å². The molecule has 1 amide bonds. The summed E-state index contributed by atoms with van der Waals surface area (Å²) in [4.78, 5) is 18.5. The second-order valence-electron chi connectivity index (χ2n) is 9.41. The van der Waals surface area contributed by atoms with E-state index in [1.54, 1.807) is 30.9 Å². The molecule has 0 spiro atoms. The van der Waals surface area contributed by atoms with Crippen LogP contribution in [0.5, 0.6) is 0 Å². The van der Waals surface area contributed by atoms with Crippen LogP contribution in [0.15, 0.2) is 52.3 Å². The normalized spacial score (nSPS) is 16.3. The minimum atomic E-state index is -2.46. The fourth-order valence-corrected chi connectivity index (χ4v) is 6.09. The van der Waals surface area contributed by atoms with Crippen molar-refractivity contribution < 1.29 is 13.6 Å². The highest BCUT2D eigenvalue weighted by molar-refractivity contribution is 7.99. The van der Waals surface area contributed by atoms with Crippen LogP contribution < -0.4 is 15.5 Å². The van der Waals surface area contributed by atoms with E-state index in [0.717, 1.165) is 68.3 Å². The summed E-state index contributed by atoms with van der Waals surface area (Å²) >= 11 is 1.66. The fraction of sp³-hybridized carbons (Fsp3) is 0.519. The van der Waals surface area contributed by atoms with Crippen LogP contribution in [0.2, 0.25) is 0 Å². The molecule has 35 heavy (non-hydrogen) atoms. The van der Waals surface area contributed by atoms with Crippen molar-refractivity contribution in [2.75, 3.05) is 51.2 Å². The summed E-state index contributed by atoms with van der Waals surface area (Å²) in [5.74, 6) is 0.761.